The van der Waals surface area contributed by atoms with Crippen LogP contribution in [0.3, 0.4) is 0 Å². The minimum absolute atomic E-state index is 0.188. The summed E-state index contributed by atoms with van der Waals surface area (Å²) < 4.78 is 15.0. The molecule has 1 saturated heterocycles. The molecule has 4 nitrogen and oxygen atoms in total. The third-order valence-electron chi connectivity index (χ3n) is 13.5. The van der Waals surface area contributed by atoms with Crippen molar-refractivity contribution in [1.29, 1.82) is 0 Å². The van der Waals surface area contributed by atoms with Crippen molar-refractivity contribution in [2.45, 2.75) is 38.5 Å². The van der Waals surface area contributed by atoms with Gasteiger partial charge in [0.25, 0.3) is 0 Å². The van der Waals surface area contributed by atoms with Crippen LogP contribution in [0.15, 0.2) is 218 Å². The van der Waals surface area contributed by atoms with Crippen LogP contribution in [0.25, 0.3) is 11.1 Å². The number of ether oxygens (including phenoxy) is 1. The van der Waals surface area contributed by atoms with Crippen molar-refractivity contribution >= 4 is 54.4 Å². The summed E-state index contributed by atoms with van der Waals surface area (Å²) >= 11 is 0. The van der Waals surface area contributed by atoms with Crippen molar-refractivity contribution in [3.63, 3.8) is 0 Å². The summed E-state index contributed by atoms with van der Waals surface area (Å²) in [5, 5.41) is 0. The summed E-state index contributed by atoms with van der Waals surface area (Å²) in [5.74, 6) is 1.83. The van der Waals surface area contributed by atoms with Crippen LogP contribution >= 0.6 is 0 Å². The van der Waals surface area contributed by atoms with Gasteiger partial charge in [-0.05, 0) is 64.4 Å². The molecule has 2 heterocycles. The standard InChI is InChI=1S/C54H48B3N3O/c1-53(2)49-37-20-21-39-51(49)61-52-48(36-23-38-50(52)54(53,3)4)41-24-22-35-47(40-41)60-56(43-27-12-6-13-28-43)58(45-31-16-8-17-32-45)55(42-25-10-5-11-26-42)59(46-33-18-9-19-34-46)57(60)44-29-14-7-15-30-44/h5-40H,1-4H3. The van der Waals surface area contributed by atoms with Gasteiger partial charge in [-0.1, -0.05) is 204 Å². The van der Waals surface area contributed by atoms with Gasteiger partial charge in [0.1, 0.15) is 11.5 Å². The number of rotatable bonds is 7. The minimum atomic E-state index is -0.232. The summed E-state index contributed by atoms with van der Waals surface area (Å²) in [6.45, 7) is 8.77. The Bertz CT molecular complexity index is 2680. The highest BCUT2D eigenvalue weighted by Crippen LogP contribution is 2.55. The first kappa shape index (κ1) is 38.4. The highest BCUT2D eigenvalue weighted by Gasteiger charge is 2.56. The zero-order valence-electron chi connectivity index (χ0n) is 35.3. The first-order chi connectivity index (χ1) is 29.8. The molecule has 0 aromatic heterocycles. The van der Waals surface area contributed by atoms with Gasteiger partial charge < -0.3 is 18.9 Å². The van der Waals surface area contributed by atoms with Gasteiger partial charge in [0.05, 0.1) is 0 Å². The lowest BCUT2D eigenvalue weighted by Crippen LogP contribution is -2.86. The average Bonchev–Trinajstić information content (AvgIpc) is 3.38. The molecule has 1 fully saturated rings. The van der Waals surface area contributed by atoms with Gasteiger partial charge >= 0.3 is 20.9 Å². The molecule has 2 aliphatic heterocycles. The van der Waals surface area contributed by atoms with Crippen LogP contribution in [-0.2, 0) is 10.8 Å². The first-order valence-corrected chi connectivity index (χ1v) is 21.4. The van der Waals surface area contributed by atoms with Gasteiger partial charge in [-0.25, -0.2) is 0 Å². The second-order valence-electron chi connectivity index (χ2n) is 17.3. The third kappa shape index (κ3) is 6.60. The highest BCUT2D eigenvalue weighted by molar-refractivity contribution is 7.14. The summed E-state index contributed by atoms with van der Waals surface area (Å²) in [6.07, 6.45) is 0. The Morgan fingerprint density at radius 3 is 1.25 bits per heavy atom. The number of nitrogens with zero attached hydrogens (tertiary/aromatic N) is 3. The monoisotopic (exact) mass is 787 g/mol. The van der Waals surface area contributed by atoms with E-state index in [1.54, 1.807) is 0 Å². The van der Waals surface area contributed by atoms with E-state index < -0.39 is 0 Å². The zero-order chi connectivity index (χ0) is 41.6. The molecule has 294 valence electrons. The molecule has 0 bridgehead atoms. The number of anilines is 3. The van der Waals surface area contributed by atoms with Gasteiger partial charge in [0, 0.05) is 44.6 Å². The molecule has 0 N–H and O–H groups in total. The molecule has 0 saturated carbocycles. The number of benzene rings is 8. The van der Waals surface area contributed by atoms with Gasteiger partial charge in [0.2, 0.25) is 0 Å². The van der Waals surface area contributed by atoms with Crippen molar-refractivity contribution in [3.8, 4) is 22.6 Å². The van der Waals surface area contributed by atoms with Crippen LogP contribution in [0.1, 0.15) is 38.8 Å². The predicted octanol–water partition coefficient (Wildman–Crippen LogP) is 10.7. The summed E-state index contributed by atoms with van der Waals surface area (Å²) in [6, 6.07) is 79.3. The lowest BCUT2D eigenvalue weighted by atomic mass is 9.37. The Morgan fingerprint density at radius 1 is 0.361 bits per heavy atom. The first-order valence-electron chi connectivity index (χ1n) is 21.4. The van der Waals surface area contributed by atoms with Crippen LogP contribution in [0.5, 0.6) is 11.5 Å². The van der Waals surface area contributed by atoms with Crippen LogP contribution in [0, 0.1) is 0 Å². The van der Waals surface area contributed by atoms with E-state index >= 15 is 0 Å². The zero-order valence-corrected chi connectivity index (χ0v) is 35.3. The second-order valence-corrected chi connectivity index (χ2v) is 17.3. The Labute approximate surface area is 362 Å². The second kappa shape index (κ2) is 15.6. The van der Waals surface area contributed by atoms with E-state index in [2.05, 4.69) is 260 Å². The third-order valence-corrected chi connectivity index (χ3v) is 13.5. The Kier molecular flexibility index (Phi) is 9.83. The summed E-state index contributed by atoms with van der Waals surface area (Å²) in [7, 11) is 0. The van der Waals surface area contributed by atoms with E-state index in [0.29, 0.717) is 0 Å². The largest absolute Gasteiger partial charge is 0.456 e. The lowest BCUT2D eigenvalue weighted by Gasteiger charge is -2.57. The maximum Gasteiger partial charge on any atom is 0.388 e. The fraction of sp³-hybridized carbons (Fsp3) is 0.111. The van der Waals surface area contributed by atoms with E-state index in [4.69, 9.17) is 4.74 Å². The number of hydrogen-bond acceptors (Lipinski definition) is 4. The normalized spacial score (nSPS) is 15.4. The molecule has 8 aromatic rings. The van der Waals surface area contributed by atoms with Gasteiger partial charge in [0.15, 0.2) is 0 Å². The van der Waals surface area contributed by atoms with E-state index in [9.17, 15) is 0 Å². The molecule has 7 heteroatoms. The molecule has 0 radical (unpaired) electrons. The Morgan fingerprint density at radius 2 is 0.738 bits per heavy atom. The van der Waals surface area contributed by atoms with E-state index in [1.165, 1.54) is 27.5 Å². The predicted molar refractivity (Wildman–Crippen MR) is 260 cm³/mol. The van der Waals surface area contributed by atoms with Crippen molar-refractivity contribution in [2.75, 3.05) is 14.2 Å². The SMILES string of the molecule is CC1(C)c2ccccc2Oc2c(-c3cccc(N4B(c5ccccc5)N(c5ccccc5)B(c5ccccc5)N(c5ccccc5)B4c4ccccc4)c3)cccc2C1(C)C. The Hall–Kier alpha value is -6.85. The molecule has 0 amide bonds. The number of para-hydroxylation sites is 4. The quantitative estimate of drug-likeness (QED) is 0.150. The van der Waals surface area contributed by atoms with Crippen LogP contribution < -0.4 is 35.3 Å². The van der Waals surface area contributed by atoms with Crippen molar-refractivity contribution in [1.82, 2.24) is 0 Å². The topological polar surface area (TPSA) is 19.0 Å². The van der Waals surface area contributed by atoms with Gasteiger partial charge in [-0.3, -0.25) is 0 Å². The molecule has 10 rings (SSSR count). The average molecular weight is 787 g/mol. The minimum Gasteiger partial charge on any atom is -0.456 e. The molecule has 61 heavy (non-hydrogen) atoms. The Balaban J connectivity index is 1.25. The van der Waals surface area contributed by atoms with Crippen LogP contribution in [0.4, 0.5) is 17.1 Å². The van der Waals surface area contributed by atoms with Crippen molar-refractivity contribution < 1.29 is 4.74 Å². The molecular weight excluding hydrogens is 739 g/mol. The van der Waals surface area contributed by atoms with E-state index in [0.717, 1.165) is 39.7 Å². The van der Waals surface area contributed by atoms with Gasteiger partial charge in [-0.15, -0.1) is 0 Å². The fourth-order valence-corrected chi connectivity index (χ4v) is 9.75. The number of fused-ring (bicyclic) bond motifs is 2. The van der Waals surface area contributed by atoms with E-state index in [-0.39, 0.29) is 31.8 Å². The molecule has 0 unspecified atom stereocenters. The van der Waals surface area contributed by atoms with Crippen molar-refractivity contribution in [3.05, 3.63) is 230 Å². The number of hydrogen-bond donors (Lipinski definition) is 0. The smallest absolute Gasteiger partial charge is 0.388 e. The van der Waals surface area contributed by atoms with Crippen LogP contribution in [0.2, 0.25) is 0 Å². The maximum absolute atomic E-state index is 7.11. The van der Waals surface area contributed by atoms with Gasteiger partial charge in [-0.2, -0.15) is 0 Å². The summed E-state index contributed by atoms with van der Waals surface area (Å²) in [5.41, 5.74) is 11.1. The molecule has 8 aromatic carbocycles. The molecule has 0 atom stereocenters. The highest BCUT2D eigenvalue weighted by atomic mass is 16.5. The lowest BCUT2D eigenvalue weighted by molar-refractivity contribution is 0.306. The molecular formula is C54H48B3N3O. The molecule has 2 aliphatic rings. The maximum atomic E-state index is 7.11. The van der Waals surface area contributed by atoms with E-state index in [1.807, 2.05) is 0 Å². The molecule has 0 spiro atoms. The van der Waals surface area contributed by atoms with Crippen LogP contribution in [-0.4, -0.2) is 20.9 Å². The fourth-order valence-electron chi connectivity index (χ4n) is 9.75. The van der Waals surface area contributed by atoms with Crippen molar-refractivity contribution in [2.24, 2.45) is 0 Å². The molecule has 0 aliphatic carbocycles. The summed E-state index contributed by atoms with van der Waals surface area (Å²) in [4.78, 5) is 0.